The van der Waals surface area contributed by atoms with E-state index in [1.54, 1.807) is 0 Å². The van der Waals surface area contributed by atoms with Crippen LogP contribution in [0, 0.1) is 0 Å². The lowest BCUT2D eigenvalue weighted by atomic mass is 10.1. The summed E-state index contributed by atoms with van der Waals surface area (Å²) in [5.74, 6) is -12.1. The molecule has 1 heterocycles. The fourth-order valence-corrected chi connectivity index (χ4v) is 2.08. The van der Waals surface area contributed by atoms with Crippen molar-refractivity contribution in [3.8, 4) is 0 Å². The molecule has 1 aromatic carbocycles. The third-order valence-corrected chi connectivity index (χ3v) is 3.57. The van der Waals surface area contributed by atoms with Crippen LogP contribution in [0.4, 0.5) is 61.5 Å². The second-order valence-corrected chi connectivity index (χ2v) is 5.75. The molecule has 0 spiro atoms. The summed E-state index contributed by atoms with van der Waals surface area (Å²) >= 11 is 0. The van der Waals surface area contributed by atoms with Gasteiger partial charge < -0.3 is 4.74 Å². The first-order valence-electron chi connectivity index (χ1n) is 7.27. The quantitative estimate of drug-likeness (QED) is 0.484. The van der Waals surface area contributed by atoms with Gasteiger partial charge in [-0.05, 0) is 18.2 Å². The summed E-state index contributed by atoms with van der Waals surface area (Å²) in [6.45, 7) is 0. The lowest BCUT2D eigenvalue weighted by molar-refractivity contribution is -0.296. The molecule has 0 aromatic heterocycles. The fraction of sp³-hybridized carbons (Fsp3) is 0.429. The zero-order chi connectivity index (χ0) is 24.3. The van der Waals surface area contributed by atoms with E-state index < -0.39 is 59.2 Å². The Morgan fingerprint density at radius 1 is 0.710 bits per heavy atom. The summed E-state index contributed by atoms with van der Waals surface area (Å²) in [4.78, 5) is 3.39. The molecule has 0 fully saturated rings. The van der Waals surface area contributed by atoms with Gasteiger partial charge in [0.25, 0.3) is 5.90 Å². The molecule has 0 saturated heterocycles. The zero-order valence-electron chi connectivity index (χ0n) is 13.9. The molecule has 0 unspecified atom stereocenters. The lowest BCUT2D eigenvalue weighted by Gasteiger charge is -2.35. The summed E-state index contributed by atoms with van der Waals surface area (Å²) in [7, 11) is 0. The van der Waals surface area contributed by atoms with Gasteiger partial charge in [0.05, 0.1) is 5.56 Å². The Bertz CT molecular complexity index is 889. The van der Waals surface area contributed by atoms with Crippen molar-refractivity contribution in [3.05, 3.63) is 35.4 Å². The molecule has 0 N–H and O–H groups in total. The molecule has 0 aliphatic carbocycles. The SMILES string of the molecule is FC(F)(F)c1cccc(C2=NC(C(F)(F)F)(C(F)(F)F)N=C(C(F)(F)C(F)(F)F)O2)c1. The van der Waals surface area contributed by atoms with Crippen LogP contribution >= 0.6 is 0 Å². The van der Waals surface area contributed by atoms with Gasteiger partial charge in [-0.25, -0.2) is 9.98 Å². The van der Waals surface area contributed by atoms with Crippen LogP contribution in [-0.4, -0.2) is 41.9 Å². The molecular weight excluding hydrogens is 478 g/mol. The Kier molecular flexibility index (Phi) is 5.52. The van der Waals surface area contributed by atoms with E-state index in [1.807, 2.05) is 4.99 Å². The number of hydrogen-bond donors (Lipinski definition) is 0. The van der Waals surface area contributed by atoms with Crippen LogP contribution in [0.25, 0.3) is 0 Å². The molecular formula is C14H4F14N2O. The van der Waals surface area contributed by atoms with Gasteiger partial charge in [-0.1, -0.05) is 6.07 Å². The maximum Gasteiger partial charge on any atom is 0.463 e. The van der Waals surface area contributed by atoms with Gasteiger partial charge in [0, 0.05) is 5.56 Å². The third-order valence-electron chi connectivity index (χ3n) is 3.57. The molecule has 0 atom stereocenters. The van der Waals surface area contributed by atoms with E-state index in [-0.39, 0.29) is 12.1 Å². The van der Waals surface area contributed by atoms with Gasteiger partial charge in [0.1, 0.15) is 0 Å². The Labute approximate surface area is 161 Å². The van der Waals surface area contributed by atoms with Crippen LogP contribution in [0.2, 0.25) is 0 Å². The minimum atomic E-state index is -6.77. The van der Waals surface area contributed by atoms with E-state index in [2.05, 4.69) is 4.74 Å². The summed E-state index contributed by atoms with van der Waals surface area (Å²) < 4.78 is 186. The van der Waals surface area contributed by atoms with Gasteiger partial charge in [-0.3, -0.25) is 0 Å². The van der Waals surface area contributed by atoms with Crippen molar-refractivity contribution in [1.82, 2.24) is 0 Å². The van der Waals surface area contributed by atoms with Crippen molar-refractivity contribution < 1.29 is 66.2 Å². The Balaban J connectivity index is 2.84. The van der Waals surface area contributed by atoms with Crippen LogP contribution in [0.1, 0.15) is 11.1 Å². The molecule has 174 valence electrons. The first-order valence-corrected chi connectivity index (χ1v) is 7.27. The van der Waals surface area contributed by atoms with Gasteiger partial charge >= 0.3 is 36.3 Å². The number of alkyl halides is 14. The monoisotopic (exact) mass is 482 g/mol. The smallest absolute Gasteiger partial charge is 0.418 e. The molecule has 1 aromatic rings. The number of aliphatic imine (C=N–C) groups is 2. The number of halogens is 14. The number of nitrogens with zero attached hydrogens (tertiary/aromatic N) is 2. The summed E-state index contributed by atoms with van der Waals surface area (Å²) in [5, 5.41) is 0. The van der Waals surface area contributed by atoms with Crippen molar-refractivity contribution in [3.63, 3.8) is 0 Å². The third kappa shape index (κ3) is 4.26. The number of rotatable bonds is 2. The Morgan fingerprint density at radius 3 is 1.65 bits per heavy atom. The van der Waals surface area contributed by atoms with E-state index in [9.17, 15) is 61.5 Å². The minimum absolute atomic E-state index is 0.162. The maximum absolute atomic E-state index is 13.5. The molecule has 0 amide bonds. The van der Waals surface area contributed by atoms with E-state index in [1.165, 1.54) is 4.99 Å². The van der Waals surface area contributed by atoms with E-state index in [4.69, 9.17) is 0 Å². The molecule has 1 aliphatic rings. The predicted octanol–water partition coefficient (Wildman–Crippen LogP) is 5.90. The van der Waals surface area contributed by atoms with Crippen molar-refractivity contribution in [1.29, 1.82) is 0 Å². The summed E-state index contributed by atoms with van der Waals surface area (Å²) in [6, 6.07) is 0.887. The normalized spacial score (nSPS) is 18.3. The topological polar surface area (TPSA) is 34.0 Å². The molecule has 1 aliphatic heterocycles. The Morgan fingerprint density at radius 2 is 1.23 bits per heavy atom. The van der Waals surface area contributed by atoms with Crippen LogP contribution in [0.3, 0.4) is 0 Å². The van der Waals surface area contributed by atoms with E-state index >= 15 is 0 Å². The predicted molar refractivity (Wildman–Crippen MR) is 72.3 cm³/mol. The standard InChI is InChI=1S/C14H4F14N2O/c15-9(16,12(20,21)22)8-30-11(13(23,24)25,14(26,27)28)29-7(31-8)5-2-1-3-6(4-5)10(17,18)19/h1-4H. The number of benzene rings is 1. The molecule has 0 radical (unpaired) electrons. The molecule has 0 saturated carbocycles. The highest BCUT2D eigenvalue weighted by Gasteiger charge is 2.76. The number of ether oxygens (including phenoxy) is 1. The first-order chi connectivity index (χ1) is 13.6. The van der Waals surface area contributed by atoms with E-state index in [0.717, 1.165) is 0 Å². The highest BCUT2D eigenvalue weighted by atomic mass is 19.4. The highest BCUT2D eigenvalue weighted by molar-refractivity contribution is 6.05. The fourth-order valence-electron chi connectivity index (χ4n) is 2.08. The van der Waals surface area contributed by atoms with Gasteiger partial charge in [0.2, 0.25) is 5.90 Å². The van der Waals surface area contributed by atoms with Crippen molar-refractivity contribution in [2.75, 3.05) is 0 Å². The molecule has 31 heavy (non-hydrogen) atoms. The molecule has 2 rings (SSSR count). The zero-order valence-corrected chi connectivity index (χ0v) is 13.9. The van der Waals surface area contributed by atoms with Crippen LogP contribution in [-0.2, 0) is 10.9 Å². The minimum Gasteiger partial charge on any atom is -0.418 e. The second-order valence-electron chi connectivity index (χ2n) is 5.75. The van der Waals surface area contributed by atoms with Crippen LogP contribution in [0.5, 0.6) is 0 Å². The van der Waals surface area contributed by atoms with Gasteiger partial charge in [0.15, 0.2) is 0 Å². The van der Waals surface area contributed by atoms with Crippen LogP contribution in [0.15, 0.2) is 34.3 Å². The number of hydrogen-bond acceptors (Lipinski definition) is 3. The molecule has 17 heteroatoms. The highest BCUT2D eigenvalue weighted by Crippen LogP contribution is 2.50. The van der Waals surface area contributed by atoms with Gasteiger partial charge in [-0.15, -0.1) is 0 Å². The second kappa shape index (κ2) is 6.94. The van der Waals surface area contributed by atoms with Crippen molar-refractivity contribution in [2.24, 2.45) is 9.98 Å². The van der Waals surface area contributed by atoms with Gasteiger partial charge in [-0.2, -0.15) is 61.5 Å². The van der Waals surface area contributed by atoms with Crippen molar-refractivity contribution >= 4 is 11.8 Å². The average Bonchev–Trinajstić information content (AvgIpc) is 2.57. The molecule has 0 bridgehead atoms. The summed E-state index contributed by atoms with van der Waals surface area (Å²) in [6.07, 6.45) is -25.5. The molecule has 3 nitrogen and oxygen atoms in total. The van der Waals surface area contributed by atoms with Crippen molar-refractivity contribution in [2.45, 2.75) is 36.3 Å². The Hall–Kier alpha value is -2.62. The van der Waals surface area contributed by atoms with Crippen LogP contribution < -0.4 is 0 Å². The first kappa shape index (κ1) is 24.6. The van der Waals surface area contributed by atoms with E-state index in [0.29, 0.717) is 12.1 Å². The summed E-state index contributed by atoms with van der Waals surface area (Å²) in [5.41, 5.74) is -9.02. The average molecular weight is 482 g/mol. The maximum atomic E-state index is 13.5. The lowest BCUT2D eigenvalue weighted by Crippen LogP contribution is -2.59. The largest absolute Gasteiger partial charge is 0.463 e.